The van der Waals surface area contributed by atoms with Crippen LogP contribution in [0, 0.1) is 6.92 Å². The van der Waals surface area contributed by atoms with Crippen molar-refractivity contribution in [1.82, 2.24) is 34.0 Å². The minimum absolute atomic E-state index is 0.0982. The third-order valence-electron chi connectivity index (χ3n) is 7.04. The fourth-order valence-electron chi connectivity index (χ4n) is 5.13. The zero-order valence-corrected chi connectivity index (χ0v) is 21.3. The van der Waals surface area contributed by atoms with Crippen molar-refractivity contribution in [3.8, 4) is 0 Å². The highest BCUT2D eigenvalue weighted by molar-refractivity contribution is 7.00. The van der Waals surface area contributed by atoms with Gasteiger partial charge in [0, 0.05) is 30.8 Å². The molecule has 37 heavy (non-hydrogen) atoms. The number of carbonyl (C=O) groups excluding carboxylic acids is 2. The van der Waals surface area contributed by atoms with Gasteiger partial charge in [-0.1, -0.05) is 18.2 Å². The van der Waals surface area contributed by atoms with Crippen molar-refractivity contribution in [1.29, 1.82) is 0 Å². The topological polar surface area (TPSA) is 114 Å². The summed E-state index contributed by atoms with van der Waals surface area (Å²) < 4.78 is 10.2. The molecule has 3 aromatic heterocycles. The van der Waals surface area contributed by atoms with Crippen LogP contribution in [-0.4, -0.2) is 35.0 Å². The van der Waals surface area contributed by atoms with Crippen LogP contribution in [0.1, 0.15) is 68.2 Å². The second kappa shape index (κ2) is 9.45. The van der Waals surface area contributed by atoms with Gasteiger partial charge in [-0.3, -0.25) is 9.59 Å². The lowest BCUT2D eigenvalue weighted by atomic mass is 9.96. The molecule has 0 unspecified atom stereocenters. The van der Waals surface area contributed by atoms with E-state index in [1.54, 1.807) is 29.8 Å². The number of Topliss-reactive ketones (excluding diaryl/α,β-unsaturated/α-hetero) is 1. The molecule has 1 aliphatic carbocycles. The molecule has 0 bridgehead atoms. The minimum atomic E-state index is -0.250. The summed E-state index contributed by atoms with van der Waals surface area (Å²) in [5.74, 6) is -0.152. The van der Waals surface area contributed by atoms with Crippen molar-refractivity contribution in [2.45, 2.75) is 45.8 Å². The number of carbonyl (C=O) groups is 2. The Labute approximate surface area is 217 Å². The molecule has 2 aromatic carbocycles. The van der Waals surface area contributed by atoms with Crippen LogP contribution in [-0.2, 0) is 19.5 Å². The molecule has 1 aliphatic rings. The molecule has 0 saturated heterocycles. The van der Waals surface area contributed by atoms with Gasteiger partial charge in [0.1, 0.15) is 16.7 Å². The second-order valence-electron chi connectivity index (χ2n) is 9.34. The Bertz CT molecular complexity index is 1670. The van der Waals surface area contributed by atoms with E-state index in [0.717, 1.165) is 46.3 Å². The van der Waals surface area contributed by atoms with E-state index in [9.17, 15) is 9.59 Å². The Morgan fingerprint density at radius 2 is 1.95 bits per heavy atom. The molecular formula is C27H25N7O2S. The molecule has 0 radical (unpaired) electrons. The molecule has 3 heterocycles. The molecule has 9 nitrogen and oxygen atoms in total. The van der Waals surface area contributed by atoms with Gasteiger partial charge in [-0.2, -0.15) is 13.8 Å². The first-order valence-electron chi connectivity index (χ1n) is 12.2. The monoisotopic (exact) mass is 511 g/mol. The van der Waals surface area contributed by atoms with Gasteiger partial charge in [0.05, 0.1) is 23.6 Å². The molecule has 6 rings (SSSR count). The fourth-order valence-corrected chi connectivity index (χ4v) is 5.65. The van der Waals surface area contributed by atoms with Crippen LogP contribution in [0.2, 0.25) is 0 Å². The van der Waals surface area contributed by atoms with Gasteiger partial charge in [-0.15, -0.1) is 0 Å². The number of hydrogen-bond acceptors (Lipinski definition) is 8. The van der Waals surface area contributed by atoms with Crippen molar-refractivity contribution in [2.75, 3.05) is 0 Å². The maximum atomic E-state index is 13.0. The van der Waals surface area contributed by atoms with Crippen LogP contribution < -0.4 is 10.6 Å². The first kappa shape index (κ1) is 23.4. The van der Waals surface area contributed by atoms with Crippen molar-refractivity contribution >= 4 is 40.1 Å². The number of hydrogen-bond donors (Lipinski definition) is 2. The standard InChI is InChI=1S/C27H25N7O2S/c1-15-19(16(2)35)4-5-21-20(15)6-8-22(21)28-14-18-12-25(31-26-9-10-30-34(18)26)27(36)29-13-17-3-7-23-24(11-17)33-37-32-23/h3-5,7,9-12,22,28H,6,8,13-14H2,1-2H3,(H,29,36)/t22-/m0/s1. The maximum Gasteiger partial charge on any atom is 0.270 e. The molecule has 0 saturated carbocycles. The summed E-state index contributed by atoms with van der Waals surface area (Å²) in [6, 6.07) is 13.5. The third kappa shape index (κ3) is 4.38. The molecular weight excluding hydrogens is 486 g/mol. The number of benzene rings is 2. The Kier molecular flexibility index (Phi) is 5.97. The lowest BCUT2D eigenvalue weighted by molar-refractivity contribution is 0.0945. The first-order valence-corrected chi connectivity index (χ1v) is 12.9. The summed E-state index contributed by atoms with van der Waals surface area (Å²) in [7, 11) is 0. The number of aromatic nitrogens is 5. The van der Waals surface area contributed by atoms with Crippen molar-refractivity contribution in [3.05, 3.63) is 87.9 Å². The molecule has 10 heteroatoms. The van der Waals surface area contributed by atoms with Crippen LogP contribution in [0.25, 0.3) is 16.7 Å². The Morgan fingerprint density at radius 3 is 2.81 bits per heavy atom. The highest BCUT2D eigenvalue weighted by atomic mass is 32.1. The van der Waals surface area contributed by atoms with Crippen molar-refractivity contribution in [3.63, 3.8) is 0 Å². The second-order valence-corrected chi connectivity index (χ2v) is 9.87. The average Bonchev–Trinajstić information content (AvgIpc) is 3.65. The summed E-state index contributed by atoms with van der Waals surface area (Å²) >= 11 is 1.17. The molecule has 1 atom stereocenters. The van der Waals surface area contributed by atoms with E-state index in [0.29, 0.717) is 24.4 Å². The number of nitrogens with zero attached hydrogens (tertiary/aromatic N) is 5. The highest BCUT2D eigenvalue weighted by Crippen LogP contribution is 2.35. The largest absolute Gasteiger partial charge is 0.347 e. The van der Waals surface area contributed by atoms with Crippen molar-refractivity contribution < 1.29 is 9.59 Å². The van der Waals surface area contributed by atoms with Gasteiger partial charge < -0.3 is 10.6 Å². The van der Waals surface area contributed by atoms with Gasteiger partial charge in [0.15, 0.2) is 11.4 Å². The quantitative estimate of drug-likeness (QED) is 0.318. The summed E-state index contributed by atoms with van der Waals surface area (Å²) in [4.78, 5) is 29.5. The van der Waals surface area contributed by atoms with Crippen LogP contribution in [0.4, 0.5) is 0 Å². The summed E-state index contributed by atoms with van der Waals surface area (Å²) in [6.45, 7) is 4.53. The van der Waals surface area contributed by atoms with E-state index in [4.69, 9.17) is 0 Å². The summed E-state index contributed by atoms with van der Waals surface area (Å²) in [6.07, 6.45) is 3.57. The van der Waals surface area contributed by atoms with Gasteiger partial charge in [-0.25, -0.2) is 9.50 Å². The van der Waals surface area contributed by atoms with Crippen LogP contribution in [0.3, 0.4) is 0 Å². The molecule has 186 valence electrons. The van der Waals surface area contributed by atoms with Crippen LogP contribution in [0.5, 0.6) is 0 Å². The highest BCUT2D eigenvalue weighted by Gasteiger charge is 2.25. The molecule has 1 amide bonds. The van der Waals surface area contributed by atoms with Gasteiger partial charge in [-0.05, 0) is 67.1 Å². The zero-order valence-electron chi connectivity index (χ0n) is 20.5. The zero-order chi connectivity index (χ0) is 25.5. The van der Waals surface area contributed by atoms with E-state index >= 15 is 0 Å². The number of ketones is 1. The number of nitrogens with one attached hydrogen (secondary N) is 2. The van der Waals surface area contributed by atoms with Crippen LogP contribution in [0.15, 0.2) is 48.7 Å². The van der Waals surface area contributed by atoms with Crippen LogP contribution >= 0.6 is 11.7 Å². The van der Waals surface area contributed by atoms with E-state index in [1.807, 2.05) is 31.2 Å². The molecule has 0 spiro atoms. The van der Waals surface area contributed by atoms with Gasteiger partial charge in [0.2, 0.25) is 0 Å². The lowest BCUT2D eigenvalue weighted by Gasteiger charge is -2.16. The lowest BCUT2D eigenvalue weighted by Crippen LogP contribution is -2.26. The van der Waals surface area contributed by atoms with Gasteiger partial charge >= 0.3 is 0 Å². The number of fused-ring (bicyclic) bond motifs is 3. The van der Waals surface area contributed by atoms with E-state index in [2.05, 4.69) is 35.5 Å². The first-order chi connectivity index (χ1) is 18.0. The molecule has 0 fully saturated rings. The van der Waals surface area contributed by atoms with E-state index < -0.39 is 0 Å². The molecule has 2 N–H and O–H groups in total. The predicted octanol–water partition coefficient (Wildman–Crippen LogP) is 3.95. The molecule has 5 aromatic rings. The Morgan fingerprint density at radius 1 is 1.08 bits per heavy atom. The third-order valence-corrected chi connectivity index (χ3v) is 7.60. The Balaban J connectivity index is 1.19. The molecule has 0 aliphatic heterocycles. The summed E-state index contributed by atoms with van der Waals surface area (Å²) in [5, 5.41) is 11.0. The summed E-state index contributed by atoms with van der Waals surface area (Å²) in [5.41, 5.74) is 8.80. The SMILES string of the molecule is CC(=O)c1ccc2c(c1C)CC[C@@H]2NCc1cc(C(=O)NCc2ccc3nsnc3c2)nc2ccnn12. The average molecular weight is 512 g/mol. The smallest absolute Gasteiger partial charge is 0.270 e. The minimum Gasteiger partial charge on any atom is -0.347 e. The Hall–Kier alpha value is -4.02. The fraction of sp³-hybridized carbons (Fsp3) is 0.259. The van der Waals surface area contributed by atoms with Crippen molar-refractivity contribution in [2.24, 2.45) is 0 Å². The number of rotatable bonds is 7. The number of amides is 1. The predicted molar refractivity (Wildman–Crippen MR) is 141 cm³/mol. The van der Waals surface area contributed by atoms with Gasteiger partial charge in [0.25, 0.3) is 5.91 Å². The van der Waals surface area contributed by atoms with E-state index in [1.165, 1.54) is 22.9 Å². The maximum absolute atomic E-state index is 13.0. The van der Waals surface area contributed by atoms with E-state index in [-0.39, 0.29) is 17.7 Å². The normalized spacial score (nSPS) is 14.8.